The number of ketones is 1. The van der Waals surface area contributed by atoms with Crippen molar-refractivity contribution in [3.05, 3.63) is 155 Å². The number of carbonyl (C=O) groups excluding carboxylic acids is 1. The van der Waals surface area contributed by atoms with Crippen LogP contribution in [0.25, 0.3) is 22.8 Å². The molecule has 5 nitrogen and oxygen atoms in total. The lowest BCUT2D eigenvalue weighted by molar-refractivity contribution is 0.104. The van der Waals surface area contributed by atoms with Crippen LogP contribution >= 0.6 is 18.6 Å². The molecule has 0 aliphatic carbocycles. The molecular weight excluding hydrogens is 523 g/mol. The topological polar surface area (TPSA) is 68.3 Å². The van der Waals surface area contributed by atoms with Crippen molar-refractivity contribution < 1.29 is 14.1 Å². The number of nitrogens with one attached hydrogen (secondary N) is 1. The molecule has 1 N–H and O–H groups in total. The van der Waals surface area contributed by atoms with E-state index < -0.39 is 7.29 Å². The smallest absolute Gasteiger partial charge is 0.222 e. The predicted octanol–water partition coefficient (Wildman–Crippen LogP) is 8.76. The summed E-state index contributed by atoms with van der Waals surface area (Å²) in [4.78, 5) is 18.8. The van der Waals surface area contributed by atoms with Gasteiger partial charge in [-0.05, 0) is 0 Å². The Morgan fingerprint density at radius 3 is 1.64 bits per heavy atom. The maximum Gasteiger partial charge on any atom is 0.222 e. The molecule has 1 aromatic heterocycles. The van der Waals surface area contributed by atoms with E-state index in [2.05, 4.69) is 5.09 Å². The van der Waals surface area contributed by atoms with Crippen LogP contribution in [0, 0.1) is 0 Å². The van der Waals surface area contributed by atoms with Gasteiger partial charge >= 0.3 is 0 Å². The normalized spacial score (nSPS) is 14.1. The summed E-state index contributed by atoms with van der Waals surface area (Å²) in [6.45, 7) is 0. The van der Waals surface area contributed by atoms with Gasteiger partial charge in [-0.1, -0.05) is 133 Å². The third-order valence-corrected chi connectivity index (χ3v) is 9.06. The van der Waals surface area contributed by atoms with Crippen molar-refractivity contribution in [3.8, 4) is 11.3 Å². The number of benzene rings is 4. The van der Waals surface area contributed by atoms with Gasteiger partial charge in [-0.25, -0.2) is 4.98 Å². The van der Waals surface area contributed by atoms with Crippen LogP contribution in [-0.4, -0.2) is 10.8 Å². The predicted molar refractivity (Wildman–Crippen MR) is 159 cm³/mol. The summed E-state index contributed by atoms with van der Waals surface area (Å²) in [7, 11) is -3.34. The quantitative estimate of drug-likeness (QED) is 0.163. The van der Waals surface area contributed by atoms with Gasteiger partial charge in [-0.15, -0.1) is 0 Å². The number of hydrogen-bond donors (Lipinski definition) is 1. The average molecular weight is 547 g/mol. The third-order valence-electron chi connectivity index (χ3n) is 6.14. The van der Waals surface area contributed by atoms with Crippen molar-refractivity contribution in [1.82, 2.24) is 4.98 Å². The van der Waals surface area contributed by atoms with Crippen LogP contribution in [0.15, 0.2) is 133 Å². The fraction of sp³-hybridized carbons (Fsp3) is 0. The fourth-order valence-corrected chi connectivity index (χ4v) is 7.34. The Labute approximate surface area is 230 Å². The van der Waals surface area contributed by atoms with E-state index in [1.165, 1.54) is 11.3 Å². The van der Waals surface area contributed by atoms with Gasteiger partial charge in [0.15, 0.2) is 5.13 Å². The molecule has 1 aliphatic heterocycles. The Bertz CT molecular complexity index is 1670. The highest BCUT2D eigenvalue weighted by atomic mass is 32.1. The van der Waals surface area contributed by atoms with E-state index in [1.807, 2.05) is 109 Å². The number of carbonyl (C=O) groups is 1. The zero-order valence-electron chi connectivity index (χ0n) is 20.7. The van der Waals surface area contributed by atoms with Gasteiger partial charge in [0.25, 0.3) is 0 Å². The first kappa shape index (κ1) is 24.8. The molecule has 0 unspecified atom stereocenters. The Morgan fingerprint density at radius 1 is 0.667 bits per heavy atom. The zero-order valence-corrected chi connectivity index (χ0v) is 22.4. The molecular formula is C32H23N2O3PS. The van der Waals surface area contributed by atoms with Crippen LogP contribution in [0.1, 0.15) is 26.4 Å². The summed E-state index contributed by atoms with van der Waals surface area (Å²) >= 11 is 1.20. The molecule has 0 saturated carbocycles. The van der Waals surface area contributed by atoms with Crippen molar-refractivity contribution in [2.45, 2.75) is 0 Å². The second kappa shape index (κ2) is 10.7. The van der Waals surface area contributed by atoms with E-state index in [1.54, 1.807) is 23.8 Å². The van der Waals surface area contributed by atoms with E-state index in [-0.39, 0.29) is 5.78 Å². The van der Waals surface area contributed by atoms with Gasteiger partial charge in [-0.2, -0.15) is 0 Å². The lowest BCUT2D eigenvalue weighted by Gasteiger charge is -2.23. The molecule has 4 aromatic carbocycles. The van der Waals surface area contributed by atoms with Crippen LogP contribution in [0.3, 0.4) is 0 Å². The maximum absolute atomic E-state index is 14.4. The molecule has 0 atom stereocenters. The van der Waals surface area contributed by atoms with Crippen molar-refractivity contribution in [3.63, 3.8) is 0 Å². The number of anilines is 1. The summed E-state index contributed by atoms with van der Waals surface area (Å²) in [5, 5.41) is 3.57. The lowest BCUT2D eigenvalue weighted by atomic mass is 10.1. The molecule has 7 heteroatoms. The maximum atomic E-state index is 14.4. The summed E-state index contributed by atoms with van der Waals surface area (Å²) in [5.41, 5.74) is 3.55. The van der Waals surface area contributed by atoms with Crippen LogP contribution in [0.4, 0.5) is 5.13 Å². The molecule has 2 heterocycles. The minimum absolute atomic E-state index is 0.133. The molecule has 0 bridgehead atoms. The minimum Gasteiger partial charge on any atom is -0.456 e. The standard InChI is InChI=1S/C32H23N2O3PS/c35-30(26-19-11-4-12-20-26)31-29(25-17-9-3-10-18-25)33-32(39-31)34-38(36)21-27(23-13-5-1-6-14-23)37-28(22-38)24-15-7-2-8-16-24/h1-22H,(H,33,34,36). The van der Waals surface area contributed by atoms with Crippen LogP contribution in [0.5, 0.6) is 0 Å². The van der Waals surface area contributed by atoms with Gasteiger partial charge in [0, 0.05) is 33.9 Å². The lowest BCUT2D eigenvalue weighted by Crippen LogP contribution is -2.03. The third kappa shape index (κ3) is 5.39. The second-order valence-corrected chi connectivity index (χ2v) is 12.1. The first-order valence-corrected chi connectivity index (χ1v) is 15.0. The molecule has 39 heavy (non-hydrogen) atoms. The Morgan fingerprint density at radius 2 is 1.13 bits per heavy atom. The van der Waals surface area contributed by atoms with E-state index in [9.17, 15) is 9.36 Å². The highest BCUT2D eigenvalue weighted by molar-refractivity contribution is 7.72. The van der Waals surface area contributed by atoms with Crippen molar-refractivity contribution in [1.29, 1.82) is 0 Å². The van der Waals surface area contributed by atoms with Crippen molar-refractivity contribution >= 4 is 41.1 Å². The van der Waals surface area contributed by atoms with Crippen LogP contribution in [-0.2, 0) is 9.30 Å². The summed E-state index contributed by atoms with van der Waals surface area (Å²) < 4.78 is 20.6. The summed E-state index contributed by atoms with van der Waals surface area (Å²) in [5.74, 6) is 4.10. The Kier molecular flexibility index (Phi) is 6.80. The van der Waals surface area contributed by atoms with Gasteiger partial charge in [0.05, 0.1) is 5.69 Å². The fourth-order valence-electron chi connectivity index (χ4n) is 4.28. The van der Waals surface area contributed by atoms with Crippen molar-refractivity contribution in [2.24, 2.45) is 0 Å². The molecule has 190 valence electrons. The second-order valence-electron chi connectivity index (χ2n) is 8.90. The minimum atomic E-state index is -3.34. The molecule has 6 rings (SSSR count). The highest BCUT2D eigenvalue weighted by Crippen LogP contribution is 2.56. The summed E-state index contributed by atoms with van der Waals surface area (Å²) in [6.07, 6.45) is 0. The SMILES string of the molecule is O=C(c1ccccc1)c1sc(NP2(=O)C=C(c3ccccc3)OC(c3ccccc3)=C2)nc1-c1ccccc1. The molecule has 0 spiro atoms. The first-order valence-electron chi connectivity index (χ1n) is 12.4. The number of aromatic nitrogens is 1. The van der Waals surface area contributed by atoms with Gasteiger partial charge in [0.2, 0.25) is 13.1 Å². The number of nitrogens with zero attached hydrogens (tertiary/aromatic N) is 1. The molecule has 0 saturated heterocycles. The van der Waals surface area contributed by atoms with Gasteiger partial charge in [-0.3, -0.25) is 9.36 Å². The molecule has 0 radical (unpaired) electrons. The monoisotopic (exact) mass is 546 g/mol. The van der Waals surface area contributed by atoms with Gasteiger partial charge < -0.3 is 9.82 Å². The van der Waals surface area contributed by atoms with Crippen LogP contribution < -0.4 is 5.09 Å². The number of thiazole rings is 1. The Hall–Kier alpha value is -4.51. The van der Waals surface area contributed by atoms with Crippen molar-refractivity contribution in [2.75, 3.05) is 5.09 Å². The van der Waals surface area contributed by atoms with E-state index in [0.29, 0.717) is 32.8 Å². The van der Waals surface area contributed by atoms with E-state index >= 15 is 0 Å². The largest absolute Gasteiger partial charge is 0.456 e. The van der Waals surface area contributed by atoms with E-state index in [4.69, 9.17) is 9.72 Å². The number of rotatable bonds is 7. The summed E-state index contributed by atoms with van der Waals surface area (Å²) in [6, 6.07) is 37.8. The molecule has 0 fully saturated rings. The Balaban J connectivity index is 1.43. The molecule has 0 amide bonds. The highest BCUT2D eigenvalue weighted by Gasteiger charge is 2.29. The number of hydrogen-bond acceptors (Lipinski definition) is 5. The molecule has 5 aromatic rings. The van der Waals surface area contributed by atoms with Crippen LogP contribution in [0.2, 0.25) is 0 Å². The molecule has 1 aliphatic rings. The number of ether oxygens (including phenoxy) is 1. The first-order chi connectivity index (χ1) is 19.1. The van der Waals surface area contributed by atoms with Gasteiger partial charge in [0.1, 0.15) is 16.4 Å². The average Bonchev–Trinajstić information content (AvgIpc) is 3.41. The zero-order chi connectivity index (χ0) is 26.7. The van der Waals surface area contributed by atoms with E-state index in [0.717, 1.165) is 16.7 Å².